The maximum atomic E-state index is 13.0. The Labute approximate surface area is 204 Å². The van der Waals surface area contributed by atoms with Crippen LogP contribution in [0.15, 0.2) is 54.6 Å². The number of carbonyl (C=O) groups excluding carboxylic acids is 2. The Balaban J connectivity index is 0.00000408. The van der Waals surface area contributed by atoms with Crippen LogP contribution in [0.4, 0.5) is 4.79 Å². The number of carboxylic acid groups (broad SMARTS) is 1. The van der Waals surface area contributed by atoms with E-state index in [1.54, 1.807) is 24.0 Å². The minimum atomic E-state index is -1.00. The summed E-state index contributed by atoms with van der Waals surface area (Å²) in [7, 11) is 0. The van der Waals surface area contributed by atoms with E-state index in [0.717, 1.165) is 11.1 Å². The van der Waals surface area contributed by atoms with Gasteiger partial charge < -0.3 is 20.9 Å². The number of hydrogen-bond donors (Lipinski definition) is 4. The molecule has 2 aromatic carbocycles. The van der Waals surface area contributed by atoms with Crippen molar-refractivity contribution in [1.82, 2.24) is 10.2 Å². The van der Waals surface area contributed by atoms with Gasteiger partial charge in [-0.2, -0.15) is 0 Å². The average Bonchev–Trinajstić information content (AvgIpc) is 2.75. The van der Waals surface area contributed by atoms with Crippen LogP contribution in [0, 0.1) is 5.41 Å². The van der Waals surface area contributed by atoms with Crippen molar-refractivity contribution in [3.63, 3.8) is 0 Å². The van der Waals surface area contributed by atoms with E-state index in [0.29, 0.717) is 18.5 Å². The average molecular weight is 489 g/mol. The fraction of sp³-hybridized carbons (Fsp3) is 0.333. The number of aliphatic carboxylic acids is 1. The third-order valence-corrected chi connectivity index (χ3v) is 5.47. The number of hydrogen-bond acceptors (Lipinski definition) is 5. The highest BCUT2D eigenvalue weighted by atomic mass is 35.5. The number of ether oxygens (including phenoxy) is 1. The minimum Gasteiger partial charge on any atom is -0.481 e. The molecule has 2 amide bonds. The van der Waals surface area contributed by atoms with Gasteiger partial charge in [0.1, 0.15) is 11.9 Å². The number of nitrogen functional groups attached to an aromatic ring is 1. The van der Waals surface area contributed by atoms with Crippen LogP contribution >= 0.6 is 12.4 Å². The molecule has 182 valence electrons. The molecule has 9 nitrogen and oxygen atoms in total. The van der Waals surface area contributed by atoms with E-state index in [2.05, 4.69) is 5.32 Å². The van der Waals surface area contributed by atoms with E-state index in [9.17, 15) is 14.4 Å². The molecule has 1 aliphatic rings. The van der Waals surface area contributed by atoms with Crippen LogP contribution < -0.4 is 11.1 Å². The molecule has 0 saturated carbocycles. The smallest absolute Gasteiger partial charge is 0.410 e. The molecule has 5 N–H and O–H groups in total. The van der Waals surface area contributed by atoms with Crippen molar-refractivity contribution >= 4 is 36.2 Å². The van der Waals surface area contributed by atoms with Crippen molar-refractivity contribution in [2.24, 2.45) is 5.73 Å². The Hall–Kier alpha value is -3.59. The fourth-order valence-electron chi connectivity index (χ4n) is 3.90. The van der Waals surface area contributed by atoms with Gasteiger partial charge in [0.25, 0.3) is 0 Å². The second-order valence-corrected chi connectivity index (χ2v) is 8.18. The lowest BCUT2D eigenvalue weighted by Crippen LogP contribution is -2.46. The van der Waals surface area contributed by atoms with Crippen LogP contribution in [-0.4, -0.2) is 46.0 Å². The molecular formula is C24H29ClN4O5. The topological polar surface area (TPSA) is 146 Å². The lowest BCUT2D eigenvalue weighted by molar-refractivity contribution is -0.137. The van der Waals surface area contributed by atoms with Crippen molar-refractivity contribution in [1.29, 1.82) is 5.41 Å². The van der Waals surface area contributed by atoms with Gasteiger partial charge in [0.2, 0.25) is 5.91 Å². The molecule has 10 heteroatoms. The Morgan fingerprint density at radius 3 is 2.44 bits per heavy atom. The number of rotatable bonds is 9. The number of benzene rings is 2. The van der Waals surface area contributed by atoms with Crippen molar-refractivity contribution in [3.05, 3.63) is 71.3 Å². The van der Waals surface area contributed by atoms with E-state index < -0.39 is 24.2 Å². The number of amides is 2. The number of nitrogens with two attached hydrogens (primary N) is 1. The monoisotopic (exact) mass is 488 g/mol. The molecule has 0 spiro atoms. The molecule has 1 fully saturated rings. The molecule has 0 bridgehead atoms. The second-order valence-electron chi connectivity index (χ2n) is 8.18. The SMILES string of the molecule is C[C@H](CC(=O)O)NC(=O)C[C@H]1C[C@@H](c2ccc(C(=N)N)cc2)N(Cc2ccccc2)C(=O)O1.Cl. The van der Waals surface area contributed by atoms with Gasteiger partial charge in [-0.25, -0.2) is 4.79 Å². The summed E-state index contributed by atoms with van der Waals surface area (Å²) in [5.74, 6) is -1.42. The van der Waals surface area contributed by atoms with Crippen LogP contribution in [-0.2, 0) is 20.9 Å². The quantitative estimate of drug-likeness (QED) is 0.315. The van der Waals surface area contributed by atoms with Gasteiger partial charge in [0, 0.05) is 24.6 Å². The molecule has 1 aliphatic heterocycles. The van der Waals surface area contributed by atoms with Crippen LogP contribution in [0.5, 0.6) is 0 Å². The summed E-state index contributed by atoms with van der Waals surface area (Å²) in [5, 5.41) is 19.1. The number of carboxylic acids is 1. The first-order valence-corrected chi connectivity index (χ1v) is 10.7. The van der Waals surface area contributed by atoms with Gasteiger partial charge in [0.15, 0.2) is 0 Å². The lowest BCUT2D eigenvalue weighted by Gasteiger charge is -2.39. The largest absolute Gasteiger partial charge is 0.481 e. The number of carbonyl (C=O) groups is 3. The molecule has 3 rings (SSSR count). The van der Waals surface area contributed by atoms with Crippen LogP contribution in [0.2, 0.25) is 0 Å². The summed E-state index contributed by atoms with van der Waals surface area (Å²) in [5.41, 5.74) is 7.92. The Morgan fingerprint density at radius 2 is 1.85 bits per heavy atom. The zero-order valence-corrected chi connectivity index (χ0v) is 19.6. The molecule has 0 unspecified atom stereocenters. The van der Waals surface area contributed by atoms with Gasteiger partial charge in [0.05, 0.1) is 18.9 Å². The van der Waals surface area contributed by atoms with Crippen LogP contribution in [0.1, 0.15) is 48.9 Å². The molecule has 1 saturated heterocycles. The fourth-order valence-corrected chi connectivity index (χ4v) is 3.90. The summed E-state index contributed by atoms with van der Waals surface area (Å²) in [4.78, 5) is 37.8. The van der Waals surface area contributed by atoms with E-state index in [1.165, 1.54) is 0 Å². The molecule has 34 heavy (non-hydrogen) atoms. The number of amidine groups is 1. The Kier molecular flexibility index (Phi) is 9.44. The predicted molar refractivity (Wildman–Crippen MR) is 129 cm³/mol. The molecule has 2 aromatic rings. The van der Waals surface area contributed by atoms with Gasteiger partial charge in [-0.3, -0.25) is 19.9 Å². The van der Waals surface area contributed by atoms with Gasteiger partial charge >= 0.3 is 12.1 Å². The van der Waals surface area contributed by atoms with Crippen molar-refractivity contribution in [2.75, 3.05) is 0 Å². The predicted octanol–water partition coefficient (Wildman–Crippen LogP) is 3.21. The zero-order valence-electron chi connectivity index (χ0n) is 18.8. The summed E-state index contributed by atoms with van der Waals surface area (Å²) in [6.07, 6.45) is -1.04. The lowest BCUT2D eigenvalue weighted by atomic mass is 9.94. The molecular weight excluding hydrogens is 460 g/mol. The van der Waals surface area contributed by atoms with Crippen molar-refractivity contribution in [3.8, 4) is 0 Å². The number of halogens is 1. The highest BCUT2D eigenvalue weighted by Crippen LogP contribution is 2.34. The van der Waals surface area contributed by atoms with Gasteiger partial charge in [-0.1, -0.05) is 54.6 Å². The summed E-state index contributed by atoms with van der Waals surface area (Å²) >= 11 is 0. The summed E-state index contributed by atoms with van der Waals surface area (Å²) < 4.78 is 5.57. The number of cyclic esters (lactones) is 1. The van der Waals surface area contributed by atoms with Crippen LogP contribution in [0.3, 0.4) is 0 Å². The molecule has 0 aromatic heterocycles. The highest BCUT2D eigenvalue weighted by molar-refractivity contribution is 5.94. The van der Waals surface area contributed by atoms with Gasteiger partial charge in [-0.15, -0.1) is 12.4 Å². The highest BCUT2D eigenvalue weighted by Gasteiger charge is 2.37. The number of nitrogens with zero attached hydrogens (tertiary/aromatic N) is 1. The minimum absolute atomic E-state index is 0. The van der Waals surface area contributed by atoms with E-state index in [-0.39, 0.29) is 43.0 Å². The van der Waals surface area contributed by atoms with Gasteiger partial charge in [-0.05, 0) is 18.1 Å². The maximum Gasteiger partial charge on any atom is 0.410 e. The first kappa shape index (κ1) is 26.7. The first-order valence-electron chi connectivity index (χ1n) is 10.7. The number of nitrogens with one attached hydrogen (secondary N) is 2. The summed E-state index contributed by atoms with van der Waals surface area (Å²) in [6, 6.07) is 15.8. The Bertz CT molecular complexity index is 1020. The molecule has 3 atom stereocenters. The zero-order chi connectivity index (χ0) is 24.0. The standard InChI is InChI=1S/C24H28N4O5.ClH/c1-15(11-22(30)31)27-21(29)13-19-12-20(17-7-9-18(10-8-17)23(25)26)28(24(32)33-19)14-16-5-3-2-4-6-16;/h2-10,15,19-20H,11-14H2,1H3,(H3,25,26)(H,27,29)(H,30,31);1H/t15-,19-,20+;/m1./s1. The van der Waals surface area contributed by atoms with E-state index >= 15 is 0 Å². The van der Waals surface area contributed by atoms with E-state index in [4.69, 9.17) is 21.0 Å². The second kappa shape index (κ2) is 12.0. The third-order valence-electron chi connectivity index (χ3n) is 5.47. The normalized spacial score (nSPS) is 18.3. The Morgan fingerprint density at radius 1 is 1.21 bits per heavy atom. The maximum absolute atomic E-state index is 13.0. The van der Waals surface area contributed by atoms with Crippen molar-refractivity contribution in [2.45, 2.75) is 50.9 Å². The molecule has 0 radical (unpaired) electrons. The molecule has 0 aliphatic carbocycles. The van der Waals surface area contributed by atoms with E-state index in [1.807, 2.05) is 42.5 Å². The van der Waals surface area contributed by atoms with Crippen LogP contribution in [0.25, 0.3) is 0 Å². The summed E-state index contributed by atoms with van der Waals surface area (Å²) in [6.45, 7) is 1.95. The molecule has 1 heterocycles. The van der Waals surface area contributed by atoms with Crippen molar-refractivity contribution < 1.29 is 24.2 Å². The third kappa shape index (κ3) is 7.21. The first-order chi connectivity index (χ1) is 15.7.